The summed E-state index contributed by atoms with van der Waals surface area (Å²) in [5, 5.41) is 0. The van der Waals surface area contributed by atoms with E-state index in [0.717, 1.165) is 18.3 Å². The Morgan fingerprint density at radius 3 is 2.25 bits per heavy atom. The molecule has 0 radical (unpaired) electrons. The Balaban J connectivity index is 1.67. The molecular weight excluding hydrogens is 196 g/mol. The average molecular weight is 222 g/mol. The molecule has 1 nitrogen and oxygen atoms in total. The fourth-order valence-corrected chi connectivity index (χ4v) is 3.43. The third-order valence-electron chi connectivity index (χ3n) is 4.74. The number of carbonyl (C=O) groups is 1. The molecule has 2 aliphatic rings. The lowest BCUT2D eigenvalue weighted by molar-refractivity contribution is -0.124. The lowest BCUT2D eigenvalue weighted by atomic mass is 9.79. The quantitative estimate of drug-likeness (QED) is 0.691. The van der Waals surface area contributed by atoms with Crippen molar-refractivity contribution in [3.05, 3.63) is 0 Å². The Kier molecular flexibility index (Phi) is 4.43. The standard InChI is InChI=1S/C15H26O/c1-12-6-9-14(10-7-12)15(16)11-8-13-4-2-3-5-13/h12-14H,2-11H2,1H3. The molecule has 0 aromatic heterocycles. The third kappa shape index (κ3) is 3.33. The summed E-state index contributed by atoms with van der Waals surface area (Å²) in [4.78, 5) is 12.1. The highest BCUT2D eigenvalue weighted by molar-refractivity contribution is 5.81. The number of carbonyl (C=O) groups excluding carboxylic acids is 1. The maximum atomic E-state index is 12.1. The van der Waals surface area contributed by atoms with Gasteiger partial charge in [-0.25, -0.2) is 0 Å². The van der Waals surface area contributed by atoms with E-state index in [9.17, 15) is 4.79 Å². The maximum Gasteiger partial charge on any atom is 0.135 e. The van der Waals surface area contributed by atoms with Crippen LogP contribution in [-0.4, -0.2) is 5.78 Å². The molecular formula is C15H26O. The molecule has 2 fully saturated rings. The van der Waals surface area contributed by atoms with Gasteiger partial charge in [-0.2, -0.15) is 0 Å². The van der Waals surface area contributed by atoms with E-state index in [1.165, 1.54) is 57.8 Å². The largest absolute Gasteiger partial charge is 0.299 e. The Hall–Kier alpha value is -0.330. The van der Waals surface area contributed by atoms with Crippen LogP contribution in [0.3, 0.4) is 0 Å². The van der Waals surface area contributed by atoms with Crippen molar-refractivity contribution in [3.63, 3.8) is 0 Å². The van der Waals surface area contributed by atoms with Crippen molar-refractivity contribution in [1.82, 2.24) is 0 Å². The number of hydrogen-bond acceptors (Lipinski definition) is 1. The summed E-state index contributed by atoms with van der Waals surface area (Å²) in [5.41, 5.74) is 0. The normalized spacial score (nSPS) is 31.8. The molecule has 1 heteroatoms. The van der Waals surface area contributed by atoms with Crippen molar-refractivity contribution in [1.29, 1.82) is 0 Å². The highest BCUT2D eigenvalue weighted by Gasteiger charge is 2.25. The fraction of sp³-hybridized carbons (Fsp3) is 0.933. The summed E-state index contributed by atoms with van der Waals surface area (Å²) < 4.78 is 0. The summed E-state index contributed by atoms with van der Waals surface area (Å²) in [6.45, 7) is 2.32. The van der Waals surface area contributed by atoms with E-state index in [-0.39, 0.29) is 0 Å². The van der Waals surface area contributed by atoms with Gasteiger partial charge in [-0.1, -0.05) is 45.4 Å². The van der Waals surface area contributed by atoms with E-state index >= 15 is 0 Å². The molecule has 0 spiro atoms. The topological polar surface area (TPSA) is 17.1 Å². The smallest absolute Gasteiger partial charge is 0.135 e. The summed E-state index contributed by atoms with van der Waals surface area (Å²) in [5.74, 6) is 2.75. The molecule has 0 aromatic rings. The molecule has 0 N–H and O–H groups in total. The zero-order chi connectivity index (χ0) is 11.4. The van der Waals surface area contributed by atoms with Crippen LogP contribution in [0.1, 0.15) is 71.1 Å². The Morgan fingerprint density at radius 2 is 1.62 bits per heavy atom. The first kappa shape index (κ1) is 12.1. The fourth-order valence-electron chi connectivity index (χ4n) is 3.43. The number of hydrogen-bond donors (Lipinski definition) is 0. The molecule has 2 aliphatic carbocycles. The highest BCUT2D eigenvalue weighted by atomic mass is 16.1. The minimum atomic E-state index is 0.428. The van der Waals surface area contributed by atoms with Crippen LogP contribution < -0.4 is 0 Å². The summed E-state index contributed by atoms with van der Waals surface area (Å²) in [7, 11) is 0. The van der Waals surface area contributed by atoms with Crippen molar-refractivity contribution >= 4 is 5.78 Å². The van der Waals surface area contributed by atoms with E-state index in [1.54, 1.807) is 0 Å². The van der Waals surface area contributed by atoms with Crippen LogP contribution in [0.25, 0.3) is 0 Å². The van der Waals surface area contributed by atoms with Gasteiger partial charge in [0.1, 0.15) is 5.78 Å². The van der Waals surface area contributed by atoms with Crippen LogP contribution in [0, 0.1) is 17.8 Å². The third-order valence-corrected chi connectivity index (χ3v) is 4.74. The highest BCUT2D eigenvalue weighted by Crippen LogP contribution is 2.32. The Labute approximate surface area is 100.0 Å². The lowest BCUT2D eigenvalue weighted by Gasteiger charge is -2.25. The van der Waals surface area contributed by atoms with Gasteiger partial charge in [0, 0.05) is 12.3 Å². The van der Waals surface area contributed by atoms with Gasteiger partial charge in [0.15, 0.2) is 0 Å². The molecule has 0 saturated heterocycles. The van der Waals surface area contributed by atoms with Gasteiger partial charge >= 0.3 is 0 Å². The Morgan fingerprint density at radius 1 is 1.00 bits per heavy atom. The molecule has 0 heterocycles. The van der Waals surface area contributed by atoms with Gasteiger partial charge in [0.25, 0.3) is 0 Å². The molecule has 0 unspecified atom stereocenters. The lowest BCUT2D eigenvalue weighted by Crippen LogP contribution is -2.21. The molecule has 16 heavy (non-hydrogen) atoms. The van der Waals surface area contributed by atoms with E-state index in [2.05, 4.69) is 6.92 Å². The first-order valence-corrected chi connectivity index (χ1v) is 7.28. The van der Waals surface area contributed by atoms with E-state index in [0.29, 0.717) is 11.7 Å². The number of Topliss-reactive ketones (excluding diaryl/α,β-unsaturated/α-hetero) is 1. The first-order valence-electron chi connectivity index (χ1n) is 7.28. The van der Waals surface area contributed by atoms with Crippen molar-refractivity contribution in [2.24, 2.45) is 17.8 Å². The van der Waals surface area contributed by atoms with Crippen molar-refractivity contribution in [2.75, 3.05) is 0 Å². The van der Waals surface area contributed by atoms with Crippen molar-refractivity contribution in [2.45, 2.75) is 71.1 Å². The second-order valence-corrected chi connectivity index (χ2v) is 6.11. The predicted molar refractivity (Wildman–Crippen MR) is 67.3 cm³/mol. The summed E-state index contributed by atoms with van der Waals surface area (Å²) in [6.07, 6.45) is 12.5. The van der Waals surface area contributed by atoms with E-state index in [1.807, 2.05) is 0 Å². The van der Waals surface area contributed by atoms with Crippen LogP contribution in [-0.2, 0) is 4.79 Å². The van der Waals surface area contributed by atoms with Crippen LogP contribution >= 0.6 is 0 Å². The minimum Gasteiger partial charge on any atom is -0.299 e. The average Bonchev–Trinajstić information content (AvgIpc) is 2.80. The maximum absolute atomic E-state index is 12.1. The molecule has 2 rings (SSSR count). The first-order chi connectivity index (χ1) is 7.75. The monoisotopic (exact) mass is 222 g/mol. The molecule has 0 bridgehead atoms. The van der Waals surface area contributed by atoms with Crippen molar-refractivity contribution < 1.29 is 4.79 Å². The van der Waals surface area contributed by atoms with Gasteiger partial charge in [-0.3, -0.25) is 4.79 Å². The van der Waals surface area contributed by atoms with Gasteiger partial charge in [0.2, 0.25) is 0 Å². The van der Waals surface area contributed by atoms with E-state index in [4.69, 9.17) is 0 Å². The molecule has 0 amide bonds. The summed E-state index contributed by atoms with van der Waals surface area (Å²) >= 11 is 0. The van der Waals surface area contributed by atoms with Crippen molar-refractivity contribution in [3.8, 4) is 0 Å². The number of ketones is 1. The van der Waals surface area contributed by atoms with Crippen LogP contribution in [0.4, 0.5) is 0 Å². The molecule has 0 atom stereocenters. The van der Waals surface area contributed by atoms with Gasteiger partial charge in [-0.05, 0) is 31.1 Å². The molecule has 0 aromatic carbocycles. The molecule has 92 valence electrons. The molecule has 2 saturated carbocycles. The summed E-state index contributed by atoms with van der Waals surface area (Å²) in [6, 6.07) is 0. The SMILES string of the molecule is CC1CCC(C(=O)CCC2CCCC2)CC1. The van der Waals surface area contributed by atoms with Gasteiger partial charge < -0.3 is 0 Å². The van der Waals surface area contributed by atoms with Crippen LogP contribution in [0.15, 0.2) is 0 Å². The van der Waals surface area contributed by atoms with Crippen LogP contribution in [0.5, 0.6) is 0 Å². The van der Waals surface area contributed by atoms with Crippen LogP contribution in [0.2, 0.25) is 0 Å². The Bertz CT molecular complexity index is 220. The zero-order valence-corrected chi connectivity index (χ0v) is 10.7. The second kappa shape index (κ2) is 5.84. The molecule has 0 aliphatic heterocycles. The van der Waals surface area contributed by atoms with E-state index < -0.39 is 0 Å². The van der Waals surface area contributed by atoms with Gasteiger partial charge in [-0.15, -0.1) is 0 Å². The number of rotatable bonds is 4. The predicted octanol–water partition coefficient (Wildman–Crippen LogP) is 4.35. The minimum absolute atomic E-state index is 0.428. The zero-order valence-electron chi connectivity index (χ0n) is 10.7. The second-order valence-electron chi connectivity index (χ2n) is 6.11. The van der Waals surface area contributed by atoms with Gasteiger partial charge in [0.05, 0.1) is 0 Å².